The van der Waals surface area contributed by atoms with Crippen molar-refractivity contribution >= 4 is 22.9 Å². The smallest absolute Gasteiger partial charge is 0.135 e. The standard InChI is InChI=1S/C14H21FN2OS/c1-10(2)6-8-18-9-7-17-12-5-3-4-11(15)13(12)14(16)19/h3-5,10,17H,6-9H2,1-2H3,(H2,16,19). The van der Waals surface area contributed by atoms with E-state index in [0.717, 1.165) is 13.0 Å². The molecule has 0 aliphatic heterocycles. The van der Waals surface area contributed by atoms with Gasteiger partial charge in [0.15, 0.2) is 0 Å². The summed E-state index contributed by atoms with van der Waals surface area (Å²) >= 11 is 4.85. The highest BCUT2D eigenvalue weighted by Crippen LogP contribution is 2.18. The summed E-state index contributed by atoms with van der Waals surface area (Å²) in [5, 5.41) is 3.09. The molecule has 0 bridgehead atoms. The van der Waals surface area contributed by atoms with Crippen molar-refractivity contribution in [1.82, 2.24) is 0 Å². The van der Waals surface area contributed by atoms with E-state index in [-0.39, 0.29) is 10.6 Å². The average molecular weight is 284 g/mol. The van der Waals surface area contributed by atoms with E-state index in [0.29, 0.717) is 24.8 Å². The summed E-state index contributed by atoms with van der Waals surface area (Å²) in [6.07, 6.45) is 1.04. The Balaban J connectivity index is 2.41. The van der Waals surface area contributed by atoms with Crippen LogP contribution in [0.2, 0.25) is 0 Å². The first-order chi connectivity index (χ1) is 9.02. The minimum Gasteiger partial charge on any atom is -0.389 e. The van der Waals surface area contributed by atoms with Crippen LogP contribution in [0.25, 0.3) is 0 Å². The topological polar surface area (TPSA) is 47.3 Å². The monoisotopic (exact) mass is 284 g/mol. The summed E-state index contributed by atoms with van der Waals surface area (Å²) in [5.41, 5.74) is 6.40. The number of nitrogens with two attached hydrogens (primary N) is 1. The molecule has 3 N–H and O–H groups in total. The second kappa shape index (κ2) is 8.07. The summed E-state index contributed by atoms with van der Waals surface area (Å²) in [4.78, 5) is 0.0568. The zero-order chi connectivity index (χ0) is 14.3. The van der Waals surface area contributed by atoms with Crippen LogP contribution in [-0.2, 0) is 4.74 Å². The Kier molecular flexibility index (Phi) is 6.73. The van der Waals surface area contributed by atoms with Crippen molar-refractivity contribution in [1.29, 1.82) is 0 Å². The van der Waals surface area contributed by atoms with Crippen molar-refractivity contribution < 1.29 is 9.13 Å². The summed E-state index contributed by atoms with van der Waals surface area (Å²) in [7, 11) is 0. The Morgan fingerprint density at radius 2 is 2.16 bits per heavy atom. The fraction of sp³-hybridized carbons (Fsp3) is 0.500. The van der Waals surface area contributed by atoms with E-state index in [2.05, 4.69) is 19.2 Å². The number of rotatable bonds is 8. The van der Waals surface area contributed by atoms with Gasteiger partial charge in [0, 0.05) is 18.8 Å². The molecule has 0 amide bonds. The van der Waals surface area contributed by atoms with Crippen LogP contribution in [0, 0.1) is 11.7 Å². The van der Waals surface area contributed by atoms with Crippen LogP contribution in [0.1, 0.15) is 25.8 Å². The Hall–Kier alpha value is -1.20. The number of benzene rings is 1. The van der Waals surface area contributed by atoms with Gasteiger partial charge in [0.25, 0.3) is 0 Å². The van der Waals surface area contributed by atoms with Crippen molar-refractivity contribution in [2.75, 3.05) is 25.1 Å². The highest BCUT2D eigenvalue weighted by Gasteiger charge is 2.10. The van der Waals surface area contributed by atoms with E-state index in [4.69, 9.17) is 22.7 Å². The van der Waals surface area contributed by atoms with Crippen LogP contribution in [0.5, 0.6) is 0 Å². The molecule has 0 aliphatic rings. The van der Waals surface area contributed by atoms with Crippen LogP contribution in [0.15, 0.2) is 18.2 Å². The number of thiocarbonyl (C=S) groups is 1. The van der Waals surface area contributed by atoms with E-state index in [9.17, 15) is 4.39 Å². The normalized spacial score (nSPS) is 10.7. The molecule has 0 unspecified atom stereocenters. The number of nitrogens with one attached hydrogen (secondary N) is 1. The lowest BCUT2D eigenvalue weighted by molar-refractivity contribution is 0.132. The Labute approximate surface area is 119 Å². The fourth-order valence-electron chi connectivity index (χ4n) is 1.60. The van der Waals surface area contributed by atoms with Gasteiger partial charge in [0.1, 0.15) is 10.8 Å². The zero-order valence-electron chi connectivity index (χ0n) is 11.4. The molecule has 0 aliphatic carbocycles. The minimum absolute atomic E-state index is 0.0568. The molecule has 19 heavy (non-hydrogen) atoms. The van der Waals surface area contributed by atoms with Crippen LogP contribution in [-0.4, -0.2) is 24.7 Å². The summed E-state index contributed by atoms with van der Waals surface area (Å²) in [6, 6.07) is 4.73. The van der Waals surface area contributed by atoms with Gasteiger partial charge >= 0.3 is 0 Å². The minimum atomic E-state index is -0.404. The maximum absolute atomic E-state index is 13.6. The lowest BCUT2D eigenvalue weighted by Crippen LogP contribution is -2.17. The van der Waals surface area contributed by atoms with Crippen molar-refractivity contribution in [2.45, 2.75) is 20.3 Å². The second-order valence-corrected chi connectivity index (χ2v) is 5.19. The number of halogens is 1. The van der Waals surface area contributed by atoms with Gasteiger partial charge in [-0.2, -0.15) is 0 Å². The molecule has 0 heterocycles. The van der Waals surface area contributed by atoms with Crippen molar-refractivity contribution in [3.63, 3.8) is 0 Å². The summed E-state index contributed by atoms with van der Waals surface area (Å²) < 4.78 is 19.1. The maximum Gasteiger partial charge on any atom is 0.135 e. The Bertz CT molecular complexity index is 424. The van der Waals surface area contributed by atoms with Gasteiger partial charge in [0.2, 0.25) is 0 Å². The van der Waals surface area contributed by atoms with Gasteiger partial charge in [-0.25, -0.2) is 4.39 Å². The third-order valence-electron chi connectivity index (χ3n) is 2.66. The molecule has 1 aromatic rings. The second-order valence-electron chi connectivity index (χ2n) is 4.75. The molecule has 0 fully saturated rings. The number of ether oxygens (including phenoxy) is 1. The van der Waals surface area contributed by atoms with Gasteiger partial charge in [0.05, 0.1) is 12.2 Å². The lowest BCUT2D eigenvalue weighted by atomic mass is 10.1. The van der Waals surface area contributed by atoms with Gasteiger partial charge in [-0.15, -0.1) is 0 Å². The molecular weight excluding hydrogens is 263 g/mol. The molecule has 0 spiro atoms. The summed E-state index contributed by atoms with van der Waals surface area (Å²) in [6.45, 7) is 6.22. The third kappa shape index (κ3) is 5.53. The van der Waals surface area contributed by atoms with Gasteiger partial charge in [-0.3, -0.25) is 0 Å². The molecule has 0 saturated heterocycles. The molecular formula is C14H21FN2OS. The van der Waals surface area contributed by atoms with Crippen molar-refractivity contribution in [3.8, 4) is 0 Å². The van der Waals surface area contributed by atoms with E-state index in [1.54, 1.807) is 12.1 Å². The van der Waals surface area contributed by atoms with E-state index >= 15 is 0 Å². The fourth-order valence-corrected chi connectivity index (χ4v) is 1.81. The Morgan fingerprint density at radius 1 is 1.42 bits per heavy atom. The number of anilines is 1. The molecule has 1 aromatic carbocycles. The number of hydrogen-bond donors (Lipinski definition) is 2. The molecule has 5 heteroatoms. The Morgan fingerprint density at radius 3 is 2.79 bits per heavy atom. The largest absolute Gasteiger partial charge is 0.389 e. The van der Waals surface area contributed by atoms with Crippen molar-refractivity contribution in [2.24, 2.45) is 11.7 Å². The highest BCUT2D eigenvalue weighted by atomic mass is 32.1. The maximum atomic E-state index is 13.6. The first-order valence-corrected chi connectivity index (χ1v) is 6.83. The van der Waals surface area contributed by atoms with E-state index < -0.39 is 5.82 Å². The molecule has 1 rings (SSSR count). The molecule has 0 aromatic heterocycles. The molecule has 106 valence electrons. The van der Waals surface area contributed by atoms with E-state index in [1.807, 2.05) is 0 Å². The molecule has 0 saturated carbocycles. The molecule has 3 nitrogen and oxygen atoms in total. The van der Waals surface area contributed by atoms with Gasteiger partial charge in [-0.1, -0.05) is 32.1 Å². The highest BCUT2D eigenvalue weighted by molar-refractivity contribution is 7.80. The third-order valence-corrected chi connectivity index (χ3v) is 2.87. The van der Waals surface area contributed by atoms with Crippen LogP contribution >= 0.6 is 12.2 Å². The molecule has 0 atom stereocenters. The van der Waals surface area contributed by atoms with Gasteiger partial charge in [-0.05, 0) is 24.5 Å². The van der Waals surface area contributed by atoms with Crippen LogP contribution < -0.4 is 11.1 Å². The predicted octanol–water partition coefficient (Wildman–Crippen LogP) is 2.93. The first kappa shape index (κ1) is 15.9. The lowest BCUT2D eigenvalue weighted by Gasteiger charge is -2.12. The van der Waals surface area contributed by atoms with E-state index in [1.165, 1.54) is 6.07 Å². The first-order valence-electron chi connectivity index (χ1n) is 6.42. The number of hydrogen-bond acceptors (Lipinski definition) is 3. The zero-order valence-corrected chi connectivity index (χ0v) is 12.2. The van der Waals surface area contributed by atoms with Crippen molar-refractivity contribution in [3.05, 3.63) is 29.6 Å². The van der Waals surface area contributed by atoms with Crippen LogP contribution in [0.3, 0.4) is 0 Å². The SMILES string of the molecule is CC(C)CCOCCNc1cccc(F)c1C(N)=S. The average Bonchev–Trinajstić information content (AvgIpc) is 2.32. The quantitative estimate of drug-likeness (QED) is 0.569. The summed E-state index contributed by atoms with van der Waals surface area (Å²) in [5.74, 6) is 0.232. The van der Waals surface area contributed by atoms with Crippen LogP contribution in [0.4, 0.5) is 10.1 Å². The van der Waals surface area contributed by atoms with Gasteiger partial charge < -0.3 is 15.8 Å². The molecule has 0 radical (unpaired) electrons. The predicted molar refractivity (Wildman–Crippen MR) is 81.1 cm³/mol.